The number of imidazole rings is 1. The predicted molar refractivity (Wildman–Crippen MR) is 156 cm³/mol. The van der Waals surface area contributed by atoms with Crippen LogP contribution in [0.4, 0.5) is 0 Å². The number of rotatable bonds is 9. The zero-order chi connectivity index (χ0) is 25.6. The third-order valence-corrected chi connectivity index (χ3v) is 7.80. The van der Waals surface area contributed by atoms with E-state index in [0.29, 0.717) is 6.04 Å². The van der Waals surface area contributed by atoms with E-state index in [1.165, 1.54) is 22.2 Å². The van der Waals surface area contributed by atoms with Gasteiger partial charge < -0.3 is 9.47 Å². The van der Waals surface area contributed by atoms with Crippen LogP contribution in [0, 0.1) is 0 Å². The first-order chi connectivity index (χ1) is 18.8. The smallest absolute Gasteiger partial charge is 0.114 e. The Balaban J connectivity index is 1.10. The summed E-state index contributed by atoms with van der Waals surface area (Å²) in [6.07, 6.45) is 2.00. The zero-order valence-electron chi connectivity index (χ0n) is 22.0. The van der Waals surface area contributed by atoms with Gasteiger partial charge in [-0.2, -0.15) is 0 Å². The lowest BCUT2D eigenvalue weighted by Gasteiger charge is -2.40. The quantitative estimate of drug-likeness (QED) is 0.233. The first-order valence-corrected chi connectivity index (χ1v) is 13.9. The van der Waals surface area contributed by atoms with Crippen molar-refractivity contribution in [1.82, 2.24) is 19.4 Å². The van der Waals surface area contributed by atoms with Crippen LogP contribution in [0.1, 0.15) is 35.0 Å². The maximum absolute atomic E-state index is 5.00. The van der Waals surface area contributed by atoms with Crippen molar-refractivity contribution in [3.8, 4) is 0 Å². The van der Waals surface area contributed by atoms with Crippen molar-refractivity contribution in [1.29, 1.82) is 0 Å². The van der Waals surface area contributed by atoms with Crippen LogP contribution in [0.3, 0.4) is 0 Å². The van der Waals surface area contributed by atoms with Crippen LogP contribution in [0.15, 0.2) is 115 Å². The minimum absolute atomic E-state index is 0.317. The highest BCUT2D eigenvalue weighted by molar-refractivity contribution is 5.76. The molecule has 0 radical (unpaired) electrons. The molecule has 0 atom stereocenters. The van der Waals surface area contributed by atoms with Gasteiger partial charge in [-0.05, 0) is 41.8 Å². The van der Waals surface area contributed by atoms with Crippen LogP contribution in [-0.2, 0) is 13.0 Å². The van der Waals surface area contributed by atoms with Gasteiger partial charge in [-0.3, -0.25) is 4.90 Å². The summed E-state index contributed by atoms with van der Waals surface area (Å²) in [6.45, 7) is 6.50. The Hall–Kier alpha value is -3.73. The number of fused-ring (bicyclic) bond motifs is 1. The highest BCUT2D eigenvalue weighted by atomic mass is 15.3. The molecule has 192 valence electrons. The van der Waals surface area contributed by atoms with Gasteiger partial charge in [-0.1, -0.05) is 103 Å². The van der Waals surface area contributed by atoms with E-state index in [2.05, 4.69) is 130 Å². The fourth-order valence-corrected chi connectivity index (χ4v) is 5.87. The number of hydrogen-bond acceptors (Lipinski definition) is 3. The van der Waals surface area contributed by atoms with E-state index in [-0.39, 0.29) is 0 Å². The van der Waals surface area contributed by atoms with Crippen molar-refractivity contribution >= 4 is 11.0 Å². The monoisotopic (exact) mass is 500 g/mol. The Morgan fingerprint density at radius 1 is 0.605 bits per heavy atom. The third kappa shape index (κ3) is 5.57. The minimum atomic E-state index is 0.317. The van der Waals surface area contributed by atoms with Crippen LogP contribution >= 0.6 is 0 Å². The molecular formula is C34H36N4. The van der Waals surface area contributed by atoms with Gasteiger partial charge >= 0.3 is 0 Å². The summed E-state index contributed by atoms with van der Waals surface area (Å²) in [5, 5.41) is 0. The van der Waals surface area contributed by atoms with Crippen molar-refractivity contribution in [3.63, 3.8) is 0 Å². The van der Waals surface area contributed by atoms with Gasteiger partial charge in [0, 0.05) is 39.1 Å². The number of aryl methyl sites for hydroxylation is 1. The second-order valence-corrected chi connectivity index (χ2v) is 10.3. The highest BCUT2D eigenvalue weighted by Crippen LogP contribution is 2.29. The van der Waals surface area contributed by atoms with Gasteiger partial charge in [0.1, 0.15) is 5.82 Å². The first kappa shape index (κ1) is 24.6. The molecule has 0 aliphatic carbocycles. The minimum Gasteiger partial charge on any atom is -0.328 e. The molecule has 4 aromatic carbocycles. The standard InChI is InChI=1S/C34H36N4/c1-4-13-28(14-5-1)27-33-35-31-19-10-11-20-32(31)38(33)22-12-21-36-23-25-37(26-24-36)34(29-15-6-2-7-16-29)30-17-8-3-9-18-30/h1-11,13-20,34H,12,21-27H2. The lowest BCUT2D eigenvalue weighted by atomic mass is 9.96. The van der Waals surface area contributed by atoms with Crippen molar-refractivity contribution in [2.24, 2.45) is 0 Å². The fourth-order valence-electron chi connectivity index (χ4n) is 5.87. The Morgan fingerprint density at radius 2 is 1.18 bits per heavy atom. The lowest BCUT2D eigenvalue weighted by Crippen LogP contribution is -2.48. The molecule has 0 N–H and O–H groups in total. The molecule has 1 aromatic heterocycles. The van der Waals surface area contributed by atoms with Crippen LogP contribution < -0.4 is 0 Å². The number of piperazine rings is 1. The maximum atomic E-state index is 5.00. The molecule has 5 aromatic rings. The molecule has 4 nitrogen and oxygen atoms in total. The highest BCUT2D eigenvalue weighted by Gasteiger charge is 2.26. The van der Waals surface area contributed by atoms with Gasteiger partial charge in [0.05, 0.1) is 17.1 Å². The largest absolute Gasteiger partial charge is 0.328 e. The number of benzene rings is 4. The van der Waals surface area contributed by atoms with Crippen LogP contribution in [0.2, 0.25) is 0 Å². The van der Waals surface area contributed by atoms with Gasteiger partial charge in [0.2, 0.25) is 0 Å². The van der Waals surface area contributed by atoms with Gasteiger partial charge in [0.15, 0.2) is 0 Å². The summed E-state index contributed by atoms with van der Waals surface area (Å²) >= 11 is 0. The fraction of sp³-hybridized carbons (Fsp3) is 0.265. The number of para-hydroxylation sites is 2. The van der Waals surface area contributed by atoms with E-state index in [1.54, 1.807) is 0 Å². The number of nitrogens with zero attached hydrogens (tertiary/aromatic N) is 4. The molecule has 0 saturated carbocycles. The van der Waals surface area contributed by atoms with Crippen LogP contribution in [0.5, 0.6) is 0 Å². The Kier molecular flexibility index (Phi) is 7.61. The van der Waals surface area contributed by atoms with E-state index in [4.69, 9.17) is 4.98 Å². The van der Waals surface area contributed by atoms with E-state index in [1.807, 2.05) is 0 Å². The Bertz CT molecular complexity index is 1380. The molecule has 0 unspecified atom stereocenters. The average Bonchev–Trinajstić information content (AvgIpc) is 3.32. The molecular weight excluding hydrogens is 464 g/mol. The third-order valence-electron chi connectivity index (χ3n) is 7.80. The molecule has 0 bridgehead atoms. The summed E-state index contributed by atoms with van der Waals surface area (Å²) in [7, 11) is 0. The van der Waals surface area contributed by atoms with E-state index < -0.39 is 0 Å². The lowest BCUT2D eigenvalue weighted by molar-refractivity contribution is 0.108. The zero-order valence-corrected chi connectivity index (χ0v) is 22.0. The number of aromatic nitrogens is 2. The molecule has 6 rings (SSSR count). The topological polar surface area (TPSA) is 24.3 Å². The van der Waals surface area contributed by atoms with Gasteiger partial charge in [-0.15, -0.1) is 0 Å². The average molecular weight is 501 g/mol. The van der Waals surface area contributed by atoms with Crippen molar-refractivity contribution < 1.29 is 0 Å². The first-order valence-electron chi connectivity index (χ1n) is 13.9. The van der Waals surface area contributed by atoms with Crippen molar-refractivity contribution in [2.45, 2.75) is 25.4 Å². The summed E-state index contributed by atoms with van der Waals surface area (Å²) in [4.78, 5) is 10.3. The van der Waals surface area contributed by atoms with Gasteiger partial charge in [0.25, 0.3) is 0 Å². The van der Waals surface area contributed by atoms with Crippen LogP contribution in [0.25, 0.3) is 11.0 Å². The molecule has 1 saturated heterocycles. The molecule has 0 amide bonds. The Morgan fingerprint density at radius 3 is 1.84 bits per heavy atom. The second kappa shape index (κ2) is 11.8. The molecule has 1 aliphatic heterocycles. The van der Waals surface area contributed by atoms with E-state index in [0.717, 1.165) is 63.5 Å². The molecule has 1 fully saturated rings. The summed E-state index contributed by atoms with van der Waals surface area (Å²) < 4.78 is 2.44. The molecule has 0 spiro atoms. The van der Waals surface area contributed by atoms with E-state index >= 15 is 0 Å². The summed E-state index contributed by atoms with van der Waals surface area (Å²) in [5.41, 5.74) is 6.42. The van der Waals surface area contributed by atoms with Crippen LogP contribution in [-0.4, -0.2) is 52.1 Å². The molecule has 38 heavy (non-hydrogen) atoms. The Labute approximate surface area is 226 Å². The number of hydrogen-bond donors (Lipinski definition) is 0. The SMILES string of the molecule is c1ccc(Cc2nc3ccccc3n2CCCN2CCN(C(c3ccccc3)c3ccccc3)CC2)cc1. The van der Waals surface area contributed by atoms with E-state index in [9.17, 15) is 0 Å². The normalized spacial score (nSPS) is 14.9. The second-order valence-electron chi connectivity index (χ2n) is 10.3. The van der Waals surface area contributed by atoms with Gasteiger partial charge in [-0.25, -0.2) is 4.98 Å². The molecule has 1 aliphatic rings. The summed E-state index contributed by atoms with van der Waals surface area (Å²) in [5.74, 6) is 1.16. The predicted octanol–water partition coefficient (Wildman–Crippen LogP) is 6.42. The molecule has 4 heteroatoms. The summed E-state index contributed by atoms with van der Waals surface area (Å²) in [6, 6.07) is 41.5. The maximum Gasteiger partial charge on any atom is 0.114 e. The van der Waals surface area contributed by atoms with Crippen molar-refractivity contribution in [3.05, 3.63) is 138 Å². The van der Waals surface area contributed by atoms with Crippen molar-refractivity contribution in [2.75, 3.05) is 32.7 Å². The molecule has 2 heterocycles.